The van der Waals surface area contributed by atoms with Crippen molar-refractivity contribution in [2.75, 3.05) is 31.9 Å². The van der Waals surface area contributed by atoms with E-state index < -0.39 is 14.9 Å². The van der Waals surface area contributed by atoms with Gasteiger partial charge >= 0.3 is 5.82 Å². The number of imidazole rings is 1. The Balaban J connectivity index is 1.82. The van der Waals surface area contributed by atoms with Gasteiger partial charge in [-0.05, 0) is 30.9 Å². The van der Waals surface area contributed by atoms with Crippen molar-refractivity contribution < 1.29 is 13.3 Å². The molecular formula is C13H23N5O4S. The number of aromatic nitrogens is 2. The second-order valence-corrected chi connectivity index (χ2v) is 7.61. The summed E-state index contributed by atoms with van der Waals surface area (Å²) in [5.41, 5.74) is 0. The van der Waals surface area contributed by atoms with Crippen molar-refractivity contribution in [2.24, 2.45) is 0 Å². The van der Waals surface area contributed by atoms with E-state index in [0.717, 1.165) is 32.1 Å². The van der Waals surface area contributed by atoms with Gasteiger partial charge in [0.05, 0.1) is 0 Å². The Labute approximate surface area is 135 Å². The van der Waals surface area contributed by atoms with Crippen LogP contribution < -0.4 is 4.72 Å². The molecule has 1 aliphatic heterocycles. The average Bonchev–Trinajstić information content (AvgIpc) is 2.87. The van der Waals surface area contributed by atoms with Crippen LogP contribution in [0, 0.1) is 17.0 Å². The molecule has 9 nitrogen and oxygen atoms in total. The minimum atomic E-state index is -3.47. The zero-order valence-corrected chi connectivity index (χ0v) is 14.1. The van der Waals surface area contributed by atoms with E-state index in [2.05, 4.69) is 14.6 Å². The number of nitrogens with one attached hydrogen (secondary N) is 1. The summed E-state index contributed by atoms with van der Waals surface area (Å²) in [6.45, 7) is 4.73. The average molecular weight is 345 g/mol. The third kappa shape index (κ3) is 5.26. The molecule has 1 aliphatic rings. The van der Waals surface area contributed by atoms with Crippen LogP contribution in [0.1, 0.15) is 25.1 Å². The molecule has 0 aliphatic carbocycles. The third-order valence-electron chi connectivity index (χ3n) is 4.00. The second-order valence-electron chi connectivity index (χ2n) is 5.69. The van der Waals surface area contributed by atoms with Gasteiger partial charge in [0.1, 0.15) is 18.5 Å². The van der Waals surface area contributed by atoms with E-state index in [1.54, 1.807) is 6.92 Å². The van der Waals surface area contributed by atoms with Gasteiger partial charge in [0.2, 0.25) is 10.0 Å². The number of nitrogens with zero attached hydrogens (tertiary/aromatic N) is 4. The van der Waals surface area contributed by atoms with E-state index in [4.69, 9.17) is 0 Å². The molecule has 0 bridgehead atoms. The Morgan fingerprint density at radius 3 is 2.65 bits per heavy atom. The van der Waals surface area contributed by atoms with Crippen molar-refractivity contribution in [2.45, 2.75) is 32.7 Å². The zero-order chi connectivity index (χ0) is 16.9. The monoisotopic (exact) mass is 345 g/mol. The van der Waals surface area contributed by atoms with Crippen molar-refractivity contribution in [3.63, 3.8) is 0 Å². The van der Waals surface area contributed by atoms with E-state index in [-0.39, 0.29) is 18.1 Å². The molecule has 2 heterocycles. The van der Waals surface area contributed by atoms with Gasteiger partial charge in [-0.15, -0.1) is 0 Å². The molecule has 23 heavy (non-hydrogen) atoms. The Hall–Kier alpha value is -1.52. The van der Waals surface area contributed by atoms with Gasteiger partial charge < -0.3 is 15.0 Å². The molecule has 1 N–H and O–H groups in total. The van der Waals surface area contributed by atoms with Crippen molar-refractivity contribution in [1.29, 1.82) is 0 Å². The highest BCUT2D eigenvalue weighted by atomic mass is 32.2. The minimum Gasteiger partial charge on any atom is -0.358 e. The van der Waals surface area contributed by atoms with Crippen molar-refractivity contribution in [1.82, 2.24) is 19.2 Å². The molecule has 0 unspecified atom stereocenters. The fourth-order valence-electron chi connectivity index (χ4n) is 2.70. The lowest BCUT2D eigenvalue weighted by molar-refractivity contribution is -0.392. The number of nitro groups is 1. The lowest BCUT2D eigenvalue weighted by Crippen LogP contribution is -2.38. The first kappa shape index (κ1) is 17.8. The predicted molar refractivity (Wildman–Crippen MR) is 85.7 cm³/mol. The molecule has 1 aromatic rings. The maximum atomic E-state index is 12.0. The molecule has 0 amide bonds. The van der Waals surface area contributed by atoms with E-state index in [1.807, 2.05) is 0 Å². The van der Waals surface area contributed by atoms with Crippen LogP contribution in [0.2, 0.25) is 0 Å². The summed E-state index contributed by atoms with van der Waals surface area (Å²) in [4.78, 5) is 16.4. The molecule has 0 atom stereocenters. The molecule has 0 aromatic carbocycles. The Kier molecular flexibility index (Phi) is 6.08. The molecular weight excluding hydrogens is 322 g/mol. The number of sulfonamides is 1. The van der Waals surface area contributed by atoms with Gasteiger partial charge in [-0.1, -0.05) is 6.42 Å². The van der Waals surface area contributed by atoms with Crippen LogP contribution in [0.15, 0.2) is 6.20 Å². The summed E-state index contributed by atoms with van der Waals surface area (Å²) in [6.07, 6.45) is 4.71. The highest BCUT2D eigenvalue weighted by molar-refractivity contribution is 7.89. The highest BCUT2D eigenvalue weighted by Gasteiger charge is 2.20. The van der Waals surface area contributed by atoms with Crippen molar-refractivity contribution in [3.05, 3.63) is 22.1 Å². The molecule has 0 saturated carbocycles. The van der Waals surface area contributed by atoms with Gasteiger partial charge in [0.25, 0.3) is 0 Å². The third-order valence-corrected chi connectivity index (χ3v) is 5.37. The van der Waals surface area contributed by atoms with E-state index in [9.17, 15) is 18.5 Å². The summed E-state index contributed by atoms with van der Waals surface area (Å²) < 4.78 is 27.9. The van der Waals surface area contributed by atoms with Crippen molar-refractivity contribution >= 4 is 15.8 Å². The number of likely N-dealkylation sites (tertiary alicyclic amines) is 1. The molecule has 1 fully saturated rings. The first-order valence-corrected chi connectivity index (χ1v) is 9.40. The number of hydrogen-bond acceptors (Lipinski definition) is 6. The lowest BCUT2D eigenvalue weighted by Gasteiger charge is -2.26. The summed E-state index contributed by atoms with van der Waals surface area (Å²) in [6, 6.07) is 0. The largest absolute Gasteiger partial charge is 0.358 e. The smallest absolute Gasteiger partial charge is 0.342 e. The summed E-state index contributed by atoms with van der Waals surface area (Å²) in [7, 11) is -3.47. The van der Waals surface area contributed by atoms with Gasteiger partial charge in [-0.25, -0.2) is 22.7 Å². The van der Waals surface area contributed by atoms with Crippen LogP contribution in [0.25, 0.3) is 0 Å². The van der Waals surface area contributed by atoms with Gasteiger partial charge in [-0.2, -0.15) is 0 Å². The standard InChI is InChI=1S/C13H23N5O4S/c1-12-14-11-13(18(19)20)17(12)9-10-23(21,22)15-5-8-16-6-3-2-4-7-16/h11,15H,2-10H2,1H3. The van der Waals surface area contributed by atoms with Crippen molar-refractivity contribution in [3.8, 4) is 0 Å². The zero-order valence-electron chi connectivity index (χ0n) is 13.3. The Morgan fingerprint density at radius 2 is 2.00 bits per heavy atom. The Bertz CT molecular complexity index is 637. The molecule has 1 aromatic heterocycles. The second kappa shape index (κ2) is 7.84. The van der Waals surface area contributed by atoms with Gasteiger partial charge in [0.15, 0.2) is 5.82 Å². The first-order valence-electron chi connectivity index (χ1n) is 7.75. The number of hydrogen-bond donors (Lipinski definition) is 1. The Morgan fingerprint density at radius 1 is 1.30 bits per heavy atom. The predicted octanol–water partition coefficient (Wildman–Crippen LogP) is 0.505. The summed E-state index contributed by atoms with van der Waals surface area (Å²) >= 11 is 0. The topological polar surface area (TPSA) is 110 Å². The van der Waals surface area contributed by atoms with Crippen LogP contribution >= 0.6 is 0 Å². The molecule has 0 spiro atoms. The normalized spacial score (nSPS) is 16.6. The number of piperidine rings is 1. The first-order chi connectivity index (χ1) is 10.9. The highest BCUT2D eigenvalue weighted by Crippen LogP contribution is 2.13. The molecule has 2 rings (SSSR count). The minimum absolute atomic E-state index is 0.0151. The lowest BCUT2D eigenvalue weighted by atomic mass is 10.1. The fourth-order valence-corrected chi connectivity index (χ4v) is 3.67. The van der Waals surface area contributed by atoms with E-state index in [1.165, 1.54) is 11.0 Å². The SMILES string of the molecule is Cc1ncc([N+](=O)[O-])n1CCS(=O)(=O)NCCN1CCCCC1. The van der Waals surface area contributed by atoms with Gasteiger partial charge in [-0.3, -0.25) is 0 Å². The quantitative estimate of drug-likeness (QED) is 0.543. The van der Waals surface area contributed by atoms with Crippen LogP contribution in [-0.4, -0.2) is 59.7 Å². The number of rotatable bonds is 8. The molecule has 130 valence electrons. The van der Waals surface area contributed by atoms with Crippen LogP contribution in [-0.2, 0) is 16.6 Å². The van der Waals surface area contributed by atoms with E-state index in [0.29, 0.717) is 18.9 Å². The molecule has 0 radical (unpaired) electrons. The fraction of sp³-hybridized carbons (Fsp3) is 0.769. The molecule has 10 heteroatoms. The maximum absolute atomic E-state index is 12.0. The summed E-state index contributed by atoms with van der Waals surface area (Å²) in [5, 5.41) is 10.9. The van der Waals surface area contributed by atoms with Crippen LogP contribution in [0.3, 0.4) is 0 Å². The van der Waals surface area contributed by atoms with E-state index >= 15 is 0 Å². The number of aryl methyl sites for hydroxylation is 1. The maximum Gasteiger partial charge on any atom is 0.342 e. The van der Waals surface area contributed by atoms with Crippen LogP contribution in [0.4, 0.5) is 5.82 Å². The van der Waals surface area contributed by atoms with Crippen LogP contribution in [0.5, 0.6) is 0 Å². The molecule has 1 saturated heterocycles. The van der Waals surface area contributed by atoms with Gasteiger partial charge in [0, 0.05) is 20.0 Å². The summed E-state index contributed by atoms with van der Waals surface area (Å²) in [5.74, 6) is 0.0385.